The number of aliphatic carboxylic acids is 1. The third-order valence-electron chi connectivity index (χ3n) is 4.26. The van der Waals surface area contributed by atoms with Crippen LogP contribution in [0.2, 0.25) is 5.02 Å². The van der Waals surface area contributed by atoms with Gasteiger partial charge in [0.2, 0.25) is 11.8 Å². The van der Waals surface area contributed by atoms with Crippen LogP contribution in [0.4, 0.5) is 11.5 Å². The molecule has 1 heterocycles. The number of anilines is 2. The highest BCUT2D eigenvalue weighted by Gasteiger charge is 2.23. The first-order valence-corrected chi connectivity index (χ1v) is 10.9. The van der Waals surface area contributed by atoms with Crippen LogP contribution in [0, 0.1) is 0 Å². The van der Waals surface area contributed by atoms with E-state index in [1.54, 1.807) is 30.3 Å². The quantitative estimate of drug-likeness (QED) is 0.380. The van der Waals surface area contributed by atoms with Crippen molar-refractivity contribution in [1.29, 1.82) is 0 Å². The molecule has 0 aliphatic carbocycles. The third kappa shape index (κ3) is 7.11. The van der Waals surface area contributed by atoms with Crippen molar-refractivity contribution < 1.29 is 19.5 Å². The van der Waals surface area contributed by atoms with Crippen molar-refractivity contribution in [2.45, 2.75) is 23.0 Å². The number of thioether (sulfide) groups is 1. The van der Waals surface area contributed by atoms with Crippen molar-refractivity contribution in [2.75, 3.05) is 10.6 Å². The first-order chi connectivity index (χ1) is 15.4. The minimum absolute atomic E-state index is 0.115. The molecular formula is C23H20ClN3O4S. The van der Waals surface area contributed by atoms with Crippen molar-refractivity contribution in [3.8, 4) is 0 Å². The smallest absolute Gasteiger partial charge is 0.303 e. The zero-order valence-electron chi connectivity index (χ0n) is 16.8. The molecule has 0 aliphatic rings. The van der Waals surface area contributed by atoms with Gasteiger partial charge in [-0.3, -0.25) is 14.4 Å². The Morgan fingerprint density at radius 1 is 0.969 bits per heavy atom. The summed E-state index contributed by atoms with van der Waals surface area (Å²) >= 11 is 7.18. The molecule has 3 aromatic rings. The lowest BCUT2D eigenvalue weighted by Crippen LogP contribution is -2.19. The lowest BCUT2D eigenvalue weighted by atomic mass is 10.1. The number of nitrogens with zero attached hydrogens (tertiary/aromatic N) is 1. The Hall–Kier alpha value is -3.36. The average Bonchev–Trinajstić information content (AvgIpc) is 2.78. The summed E-state index contributed by atoms with van der Waals surface area (Å²) in [6.45, 7) is 0. The molecule has 1 unspecified atom stereocenters. The van der Waals surface area contributed by atoms with E-state index in [0.717, 1.165) is 10.5 Å². The maximum Gasteiger partial charge on any atom is 0.303 e. The first kappa shape index (κ1) is 23.3. The van der Waals surface area contributed by atoms with Gasteiger partial charge < -0.3 is 15.7 Å². The van der Waals surface area contributed by atoms with E-state index in [1.807, 2.05) is 36.4 Å². The van der Waals surface area contributed by atoms with Gasteiger partial charge in [-0.05, 0) is 35.9 Å². The molecule has 1 aromatic heterocycles. The van der Waals surface area contributed by atoms with Crippen molar-refractivity contribution in [3.63, 3.8) is 0 Å². The Labute approximate surface area is 194 Å². The summed E-state index contributed by atoms with van der Waals surface area (Å²) in [7, 11) is 0. The molecule has 164 valence electrons. The lowest BCUT2D eigenvalue weighted by Gasteiger charge is -2.17. The Balaban J connectivity index is 1.76. The van der Waals surface area contributed by atoms with E-state index in [-0.39, 0.29) is 24.7 Å². The predicted octanol–water partition coefficient (Wildman–Crippen LogP) is 5.01. The fourth-order valence-corrected chi connectivity index (χ4v) is 3.96. The van der Waals surface area contributed by atoms with Crippen molar-refractivity contribution in [2.24, 2.45) is 0 Å². The van der Waals surface area contributed by atoms with Crippen LogP contribution in [0.3, 0.4) is 0 Å². The number of halogens is 1. The summed E-state index contributed by atoms with van der Waals surface area (Å²) in [5.74, 6) is -1.29. The average molecular weight is 470 g/mol. The summed E-state index contributed by atoms with van der Waals surface area (Å²) in [5.41, 5.74) is 1.33. The number of pyridine rings is 1. The van der Waals surface area contributed by atoms with Crippen LogP contribution in [-0.2, 0) is 14.4 Å². The van der Waals surface area contributed by atoms with Crippen molar-refractivity contribution in [3.05, 3.63) is 83.5 Å². The number of hydrogen-bond donors (Lipinski definition) is 3. The second-order valence-electron chi connectivity index (χ2n) is 6.73. The molecule has 1 atom stereocenters. The van der Waals surface area contributed by atoms with Gasteiger partial charge in [0.25, 0.3) is 0 Å². The number of aromatic nitrogens is 1. The van der Waals surface area contributed by atoms with Gasteiger partial charge in [-0.15, -0.1) is 11.8 Å². The summed E-state index contributed by atoms with van der Waals surface area (Å²) in [5, 5.41) is 14.1. The second-order valence-corrected chi connectivity index (χ2v) is 8.34. The van der Waals surface area contributed by atoms with E-state index in [2.05, 4.69) is 15.6 Å². The molecule has 2 aromatic carbocycles. The highest BCUT2D eigenvalue weighted by Crippen LogP contribution is 2.37. The topological polar surface area (TPSA) is 108 Å². The maximum absolute atomic E-state index is 13.1. The molecule has 2 amide bonds. The molecule has 0 fully saturated rings. The maximum atomic E-state index is 13.1. The first-order valence-electron chi connectivity index (χ1n) is 9.66. The van der Waals surface area contributed by atoms with E-state index < -0.39 is 11.2 Å². The minimum Gasteiger partial charge on any atom is -0.481 e. The fraction of sp³-hybridized carbons (Fsp3) is 0.130. The summed E-state index contributed by atoms with van der Waals surface area (Å²) in [6.07, 6.45) is 1.10. The van der Waals surface area contributed by atoms with Gasteiger partial charge in [-0.1, -0.05) is 48.0 Å². The molecular weight excluding hydrogens is 450 g/mol. The summed E-state index contributed by atoms with van der Waals surface area (Å²) < 4.78 is 0. The number of carboxylic acids is 1. The van der Waals surface area contributed by atoms with Gasteiger partial charge in [0, 0.05) is 23.2 Å². The number of carbonyl (C=O) groups is 3. The Bertz CT molecular complexity index is 1090. The fourth-order valence-electron chi connectivity index (χ4n) is 2.77. The molecule has 0 radical (unpaired) electrons. The number of carboxylic acid groups (broad SMARTS) is 1. The monoisotopic (exact) mass is 469 g/mol. The standard InChI is InChI=1S/C23H20ClN3O4S/c24-16-9-10-19(25-14-16)27-23(31)22(15-5-2-1-3-6-15)32-18-8-4-7-17(13-18)26-20(28)11-12-21(29)30/h1-10,13-14,22H,11-12H2,(H,26,28)(H,29,30)(H,25,27,31). The molecule has 7 nitrogen and oxygen atoms in total. The van der Waals surface area contributed by atoms with Gasteiger partial charge in [-0.25, -0.2) is 4.98 Å². The van der Waals surface area contributed by atoms with Crippen LogP contribution in [0.5, 0.6) is 0 Å². The molecule has 0 bridgehead atoms. The molecule has 0 saturated carbocycles. The zero-order valence-corrected chi connectivity index (χ0v) is 18.4. The number of amides is 2. The van der Waals surface area contributed by atoms with Crippen molar-refractivity contribution in [1.82, 2.24) is 4.98 Å². The number of benzene rings is 2. The lowest BCUT2D eigenvalue weighted by molar-refractivity contribution is -0.138. The molecule has 3 rings (SSSR count). The van der Waals surface area contributed by atoms with Gasteiger partial charge in [0.05, 0.1) is 11.4 Å². The van der Waals surface area contributed by atoms with E-state index >= 15 is 0 Å². The summed E-state index contributed by atoms with van der Waals surface area (Å²) in [6, 6.07) is 19.6. The number of hydrogen-bond acceptors (Lipinski definition) is 5. The van der Waals surface area contributed by atoms with Crippen LogP contribution < -0.4 is 10.6 Å². The largest absolute Gasteiger partial charge is 0.481 e. The second kappa shape index (κ2) is 11.3. The number of rotatable bonds is 9. The van der Waals surface area contributed by atoms with Crippen LogP contribution in [0.15, 0.2) is 77.8 Å². The number of nitrogens with one attached hydrogen (secondary N) is 2. The zero-order chi connectivity index (χ0) is 22.9. The third-order valence-corrected chi connectivity index (χ3v) is 5.73. The predicted molar refractivity (Wildman–Crippen MR) is 125 cm³/mol. The molecule has 32 heavy (non-hydrogen) atoms. The Kier molecular flexibility index (Phi) is 8.24. The Morgan fingerprint density at radius 2 is 1.75 bits per heavy atom. The SMILES string of the molecule is O=C(O)CCC(=O)Nc1cccc(SC(C(=O)Nc2ccc(Cl)cn2)c2ccccc2)c1. The Morgan fingerprint density at radius 3 is 2.44 bits per heavy atom. The van der Waals surface area contributed by atoms with Crippen molar-refractivity contribution >= 4 is 52.7 Å². The molecule has 3 N–H and O–H groups in total. The normalized spacial score (nSPS) is 11.4. The van der Waals surface area contributed by atoms with E-state index in [0.29, 0.717) is 16.5 Å². The van der Waals surface area contributed by atoms with Crippen LogP contribution in [-0.4, -0.2) is 27.9 Å². The molecule has 9 heteroatoms. The van der Waals surface area contributed by atoms with Gasteiger partial charge in [0.15, 0.2) is 0 Å². The number of carbonyl (C=O) groups excluding carboxylic acids is 2. The van der Waals surface area contributed by atoms with Crippen LogP contribution in [0.1, 0.15) is 23.7 Å². The molecule has 0 saturated heterocycles. The van der Waals surface area contributed by atoms with E-state index in [4.69, 9.17) is 16.7 Å². The van der Waals surface area contributed by atoms with Gasteiger partial charge in [-0.2, -0.15) is 0 Å². The highest BCUT2D eigenvalue weighted by atomic mass is 35.5. The van der Waals surface area contributed by atoms with Gasteiger partial charge >= 0.3 is 5.97 Å². The highest BCUT2D eigenvalue weighted by molar-refractivity contribution is 8.00. The van der Waals surface area contributed by atoms with Gasteiger partial charge in [0.1, 0.15) is 11.1 Å². The van der Waals surface area contributed by atoms with E-state index in [1.165, 1.54) is 18.0 Å². The minimum atomic E-state index is -1.03. The molecule has 0 spiro atoms. The summed E-state index contributed by atoms with van der Waals surface area (Å²) in [4.78, 5) is 40.5. The van der Waals surface area contributed by atoms with E-state index in [9.17, 15) is 14.4 Å². The van der Waals surface area contributed by atoms with Crippen LogP contribution >= 0.6 is 23.4 Å². The molecule has 0 aliphatic heterocycles. The van der Waals surface area contributed by atoms with Crippen LogP contribution in [0.25, 0.3) is 0 Å².